The molecular weight excluding hydrogens is 973 g/mol. The number of halogens is 6. The Morgan fingerprint density at radius 1 is 0.234 bits per heavy atom. The average molecular weight is 1030 g/mol. The van der Waals surface area contributed by atoms with Crippen LogP contribution in [0.2, 0.25) is 0 Å². The summed E-state index contributed by atoms with van der Waals surface area (Å²) in [7, 11) is 0. The lowest BCUT2D eigenvalue weighted by Crippen LogP contribution is -2.12. The molecule has 0 radical (unpaired) electrons. The second kappa shape index (κ2) is 22.6. The van der Waals surface area contributed by atoms with Gasteiger partial charge < -0.3 is 14.7 Å². The first-order valence-electron chi connectivity index (χ1n) is 25.3. The molecule has 0 aliphatic carbocycles. The number of anilines is 9. The monoisotopic (exact) mass is 1030 g/mol. The van der Waals surface area contributed by atoms with Crippen LogP contribution in [-0.2, 0) is 12.4 Å². The average Bonchev–Trinajstić information content (AvgIpc) is 3.43. The Labute approximate surface area is 447 Å². The van der Waals surface area contributed by atoms with Crippen molar-refractivity contribution < 1.29 is 26.3 Å². The van der Waals surface area contributed by atoms with Crippen molar-refractivity contribution in [3.8, 4) is 22.3 Å². The molecule has 0 spiro atoms. The van der Waals surface area contributed by atoms with Crippen LogP contribution in [0.25, 0.3) is 22.3 Å². The molecule has 0 N–H and O–H groups in total. The quantitative estimate of drug-likeness (QED) is 0.120. The number of aryl methyl sites for hydroxylation is 6. The maximum Gasteiger partial charge on any atom is 0.416 e. The van der Waals surface area contributed by atoms with Crippen LogP contribution in [0.15, 0.2) is 237 Å². The third-order valence-electron chi connectivity index (χ3n) is 13.8. The Kier molecular flexibility index (Phi) is 15.5. The van der Waals surface area contributed by atoms with Crippen LogP contribution in [-0.4, -0.2) is 0 Å². The van der Waals surface area contributed by atoms with E-state index in [1.807, 2.05) is 50.2 Å². The third kappa shape index (κ3) is 12.5. The molecule has 0 atom stereocenters. The van der Waals surface area contributed by atoms with E-state index in [1.54, 1.807) is 17.0 Å². The molecule has 9 heteroatoms. The highest BCUT2D eigenvalue weighted by atomic mass is 19.4. The van der Waals surface area contributed by atoms with Crippen LogP contribution >= 0.6 is 0 Å². The Bertz CT molecular complexity index is 3400. The molecule has 10 aromatic rings. The van der Waals surface area contributed by atoms with Gasteiger partial charge in [-0.05, 0) is 220 Å². The van der Waals surface area contributed by atoms with Crippen molar-refractivity contribution in [3.05, 3.63) is 281 Å². The topological polar surface area (TPSA) is 9.72 Å². The van der Waals surface area contributed by atoms with E-state index >= 15 is 0 Å². The van der Waals surface area contributed by atoms with Crippen LogP contribution in [0, 0.1) is 41.5 Å². The van der Waals surface area contributed by atoms with Crippen molar-refractivity contribution in [2.45, 2.75) is 53.9 Å². The predicted molar refractivity (Wildman–Crippen MR) is 306 cm³/mol. The summed E-state index contributed by atoms with van der Waals surface area (Å²) in [6.45, 7) is 12.8. The largest absolute Gasteiger partial charge is 0.416 e. The first kappa shape index (κ1) is 53.0. The molecule has 386 valence electrons. The van der Waals surface area contributed by atoms with Gasteiger partial charge in [-0.25, -0.2) is 0 Å². The first-order valence-corrected chi connectivity index (χ1v) is 25.3. The van der Waals surface area contributed by atoms with E-state index in [4.69, 9.17) is 0 Å². The summed E-state index contributed by atoms with van der Waals surface area (Å²) in [6, 6.07) is 73.9. The van der Waals surface area contributed by atoms with E-state index in [1.165, 1.54) is 69.0 Å². The first-order chi connectivity index (χ1) is 36.9. The number of hydrogen-bond acceptors (Lipinski definition) is 3. The molecule has 10 aromatic carbocycles. The van der Waals surface area contributed by atoms with Crippen molar-refractivity contribution >= 4 is 51.2 Å². The molecule has 10 rings (SSSR count). The number of rotatable bonds is 11. The molecule has 0 aromatic heterocycles. The Hall–Kier alpha value is -8.82. The zero-order valence-electron chi connectivity index (χ0n) is 43.6. The summed E-state index contributed by atoms with van der Waals surface area (Å²) >= 11 is 0. The zero-order valence-corrected chi connectivity index (χ0v) is 43.6. The molecular formula is C68H57F6N3. The minimum atomic E-state index is -4.52. The summed E-state index contributed by atoms with van der Waals surface area (Å²) in [4.78, 5) is 6.14. The van der Waals surface area contributed by atoms with E-state index in [2.05, 4.69) is 177 Å². The van der Waals surface area contributed by atoms with Crippen molar-refractivity contribution in [3.63, 3.8) is 0 Å². The Morgan fingerprint density at radius 2 is 0.468 bits per heavy atom. The highest BCUT2D eigenvalue weighted by Gasteiger charge is 2.32. The van der Waals surface area contributed by atoms with Gasteiger partial charge in [0.2, 0.25) is 0 Å². The molecule has 0 unspecified atom stereocenters. The van der Waals surface area contributed by atoms with Gasteiger partial charge in [-0.3, -0.25) is 0 Å². The Morgan fingerprint density at radius 3 is 0.740 bits per heavy atom. The smallest absolute Gasteiger partial charge is 0.311 e. The lowest BCUT2D eigenvalue weighted by molar-refractivity contribution is -0.138. The third-order valence-corrected chi connectivity index (χ3v) is 13.8. The molecule has 3 nitrogen and oxygen atoms in total. The van der Waals surface area contributed by atoms with Crippen molar-refractivity contribution in [2.75, 3.05) is 14.7 Å². The summed E-state index contributed by atoms with van der Waals surface area (Å²) < 4.78 is 79.7. The van der Waals surface area contributed by atoms with Crippen LogP contribution < -0.4 is 14.7 Å². The number of hydrogen-bond donors (Lipinski definition) is 0. The Balaban J connectivity index is 0.000000212. The second-order valence-corrected chi connectivity index (χ2v) is 19.3. The number of alkyl halides is 6. The summed E-state index contributed by atoms with van der Waals surface area (Å²) in [6.07, 6.45) is -9.04. The van der Waals surface area contributed by atoms with Crippen LogP contribution in [0.1, 0.15) is 44.5 Å². The lowest BCUT2D eigenvalue weighted by atomic mass is 10.0. The molecule has 0 saturated carbocycles. The van der Waals surface area contributed by atoms with Gasteiger partial charge in [0.15, 0.2) is 0 Å². The second-order valence-electron chi connectivity index (χ2n) is 19.3. The maximum absolute atomic E-state index is 13.3. The van der Waals surface area contributed by atoms with Gasteiger partial charge in [0.05, 0.1) is 11.1 Å². The molecule has 0 bridgehead atoms. The van der Waals surface area contributed by atoms with E-state index in [9.17, 15) is 26.3 Å². The number of benzene rings is 10. The summed E-state index contributed by atoms with van der Waals surface area (Å²) in [5, 5.41) is 0. The van der Waals surface area contributed by atoms with Gasteiger partial charge in [-0.15, -0.1) is 0 Å². The van der Waals surface area contributed by atoms with Gasteiger partial charge in [0.1, 0.15) is 0 Å². The van der Waals surface area contributed by atoms with Crippen molar-refractivity contribution in [1.82, 2.24) is 0 Å². The van der Waals surface area contributed by atoms with Crippen LogP contribution in [0.3, 0.4) is 0 Å². The van der Waals surface area contributed by atoms with Crippen molar-refractivity contribution in [2.24, 2.45) is 0 Å². The van der Waals surface area contributed by atoms with E-state index in [0.717, 1.165) is 69.3 Å². The fourth-order valence-electron chi connectivity index (χ4n) is 9.10. The van der Waals surface area contributed by atoms with Gasteiger partial charge in [-0.2, -0.15) is 26.3 Å². The van der Waals surface area contributed by atoms with E-state index in [-0.39, 0.29) is 0 Å². The van der Waals surface area contributed by atoms with Gasteiger partial charge in [0.25, 0.3) is 0 Å². The maximum atomic E-state index is 13.3. The molecule has 0 aliphatic rings. The van der Waals surface area contributed by atoms with E-state index in [0.29, 0.717) is 17.1 Å². The molecule has 0 fully saturated rings. The molecule has 0 aliphatic heterocycles. The minimum absolute atomic E-state index is 0.368. The highest BCUT2D eigenvalue weighted by molar-refractivity contribution is 5.82. The van der Waals surface area contributed by atoms with Crippen LogP contribution in [0.4, 0.5) is 77.5 Å². The van der Waals surface area contributed by atoms with Gasteiger partial charge in [-0.1, -0.05) is 114 Å². The number of nitrogens with zero attached hydrogens (tertiary/aromatic N) is 3. The highest BCUT2D eigenvalue weighted by Crippen LogP contribution is 2.42. The minimum Gasteiger partial charge on any atom is -0.311 e. The van der Waals surface area contributed by atoms with E-state index < -0.39 is 23.5 Å². The molecule has 0 heterocycles. The van der Waals surface area contributed by atoms with Crippen LogP contribution in [0.5, 0.6) is 0 Å². The molecule has 0 amide bonds. The summed E-state index contributed by atoms with van der Waals surface area (Å²) in [5.74, 6) is 0. The fourth-order valence-corrected chi connectivity index (χ4v) is 9.10. The van der Waals surface area contributed by atoms with Gasteiger partial charge >= 0.3 is 12.4 Å². The van der Waals surface area contributed by atoms with Gasteiger partial charge in [0, 0.05) is 51.2 Å². The lowest BCUT2D eigenvalue weighted by Gasteiger charge is -2.27. The predicted octanol–water partition coefficient (Wildman–Crippen LogP) is 21.0. The summed E-state index contributed by atoms with van der Waals surface area (Å²) in [5.41, 5.74) is 18.1. The standard InChI is InChI=1S/C40H30F6N2.C28H27N/c1-27-3-15-33(16-4-27)47(34-17-5-28(2)6-18-34)35-19-7-29(8-20-35)30-9-21-36(22-10-30)48(37-23-11-31(12-24-37)39(41,42)43)38-25-13-32(14-26-38)40(44,45)46;1-20-10-14-27(18-22(20)3)29(28-15-11-21(2)23(4)19-28)26-16-12-25(13-17-26)24-8-6-5-7-9-24/h3-26H,1-2H3;5-19H,1-4H3. The zero-order chi connectivity index (χ0) is 54.4. The van der Waals surface area contributed by atoms with Crippen molar-refractivity contribution in [1.29, 1.82) is 0 Å². The SMILES string of the molecule is Cc1ccc(N(c2ccc(-c3ccccc3)cc2)c2ccc(C)c(C)c2)cc1C.Cc1ccc(N(c2ccc(C)cc2)c2ccc(-c3ccc(N(c4ccc(C(F)(F)F)cc4)c4ccc(C(F)(F)F)cc4)cc3)cc2)cc1. The molecule has 77 heavy (non-hydrogen) atoms. The normalized spacial score (nSPS) is 11.4. The molecule has 0 saturated heterocycles. The fraction of sp³-hybridized carbons (Fsp3) is 0.118.